The van der Waals surface area contributed by atoms with Crippen LogP contribution in [0.2, 0.25) is 0 Å². The summed E-state index contributed by atoms with van der Waals surface area (Å²) in [6.45, 7) is 1.98. The number of benzene rings is 1. The van der Waals surface area contributed by atoms with E-state index in [9.17, 15) is 15.2 Å². The number of nitro benzene ring substituents is 1. The third-order valence-electron chi connectivity index (χ3n) is 2.04. The molecule has 0 saturated carbocycles. The Labute approximate surface area is 94.1 Å². The van der Waals surface area contributed by atoms with Crippen LogP contribution in [0.3, 0.4) is 0 Å². The molecular weight excluding hydrogens is 206 g/mol. The molecule has 0 spiro atoms. The second-order valence-corrected chi connectivity index (χ2v) is 3.29. The van der Waals surface area contributed by atoms with Crippen LogP contribution in [0.5, 0.6) is 0 Å². The number of hydrogen-bond acceptors (Lipinski definition) is 3. The molecule has 0 fully saturated rings. The molecule has 16 heavy (non-hydrogen) atoms. The van der Waals surface area contributed by atoms with Crippen molar-refractivity contribution in [1.82, 2.24) is 0 Å². The maximum atomic E-state index is 10.7. The van der Waals surface area contributed by atoms with Crippen LogP contribution in [-0.2, 0) is 0 Å². The molecule has 1 aromatic rings. The molecular formula is C12H13NO3. The molecule has 0 saturated heterocycles. The first kappa shape index (κ1) is 12.2. The minimum atomic E-state index is -1.09. The normalized spacial score (nSPS) is 11.4. The fourth-order valence-electron chi connectivity index (χ4n) is 1.26. The number of hydrogen-bond donors (Lipinski definition) is 1. The van der Waals surface area contributed by atoms with Crippen molar-refractivity contribution in [3.63, 3.8) is 0 Å². The van der Waals surface area contributed by atoms with Gasteiger partial charge in [-0.25, -0.2) is 0 Å². The van der Waals surface area contributed by atoms with E-state index < -0.39 is 11.0 Å². The number of nitrogens with zero attached hydrogens (tertiary/aromatic N) is 1. The van der Waals surface area contributed by atoms with Crippen LogP contribution in [0.1, 0.15) is 31.4 Å². The SMILES string of the molecule is CCCC#C[C@H](O)c1ccccc1[N+](=O)[O-]. The Hall–Kier alpha value is -1.86. The largest absolute Gasteiger partial charge is 0.376 e. The van der Waals surface area contributed by atoms with Crippen LogP contribution in [0, 0.1) is 22.0 Å². The van der Waals surface area contributed by atoms with E-state index in [0.717, 1.165) is 6.42 Å². The van der Waals surface area contributed by atoms with E-state index in [1.54, 1.807) is 12.1 Å². The second kappa shape index (κ2) is 5.89. The summed E-state index contributed by atoms with van der Waals surface area (Å²) in [5, 5.41) is 20.4. The minimum absolute atomic E-state index is 0.0965. The van der Waals surface area contributed by atoms with Crippen molar-refractivity contribution in [3.05, 3.63) is 39.9 Å². The maximum absolute atomic E-state index is 10.7. The molecule has 0 aliphatic rings. The lowest BCUT2D eigenvalue weighted by Crippen LogP contribution is -2.00. The molecule has 0 aromatic heterocycles. The predicted molar refractivity (Wildman–Crippen MR) is 60.7 cm³/mol. The number of rotatable bonds is 3. The Morgan fingerprint density at radius 3 is 2.81 bits per heavy atom. The summed E-state index contributed by atoms with van der Waals surface area (Å²) < 4.78 is 0. The van der Waals surface area contributed by atoms with Crippen LogP contribution in [0.4, 0.5) is 5.69 Å². The van der Waals surface area contributed by atoms with Crippen molar-refractivity contribution in [2.75, 3.05) is 0 Å². The van der Waals surface area contributed by atoms with Gasteiger partial charge in [0.2, 0.25) is 0 Å². The van der Waals surface area contributed by atoms with Gasteiger partial charge in [-0.2, -0.15) is 0 Å². The molecule has 0 amide bonds. The summed E-state index contributed by atoms with van der Waals surface area (Å²) >= 11 is 0. The molecule has 0 radical (unpaired) electrons. The maximum Gasteiger partial charge on any atom is 0.276 e. The lowest BCUT2D eigenvalue weighted by Gasteiger charge is -2.03. The van der Waals surface area contributed by atoms with Gasteiger partial charge in [0, 0.05) is 12.5 Å². The van der Waals surface area contributed by atoms with E-state index in [-0.39, 0.29) is 11.3 Å². The van der Waals surface area contributed by atoms with E-state index in [2.05, 4.69) is 11.8 Å². The number of aliphatic hydroxyl groups excluding tert-OH is 1. The number of aliphatic hydroxyl groups is 1. The summed E-state index contributed by atoms with van der Waals surface area (Å²) in [5.74, 6) is 5.37. The van der Waals surface area contributed by atoms with Crippen LogP contribution >= 0.6 is 0 Å². The molecule has 0 bridgehead atoms. The summed E-state index contributed by atoms with van der Waals surface area (Å²) in [6.07, 6.45) is 0.488. The number of para-hydroxylation sites is 1. The highest BCUT2D eigenvalue weighted by atomic mass is 16.6. The molecule has 84 valence electrons. The first-order valence-electron chi connectivity index (χ1n) is 5.06. The molecule has 4 heteroatoms. The van der Waals surface area contributed by atoms with Crippen molar-refractivity contribution in [2.24, 2.45) is 0 Å². The van der Waals surface area contributed by atoms with Gasteiger partial charge in [0.15, 0.2) is 0 Å². The molecule has 0 unspecified atom stereocenters. The van der Waals surface area contributed by atoms with Gasteiger partial charge >= 0.3 is 0 Å². The fraction of sp³-hybridized carbons (Fsp3) is 0.333. The van der Waals surface area contributed by atoms with Gasteiger partial charge in [0.1, 0.15) is 6.10 Å². The highest BCUT2D eigenvalue weighted by Gasteiger charge is 2.17. The van der Waals surface area contributed by atoms with Gasteiger partial charge in [-0.1, -0.05) is 25.0 Å². The van der Waals surface area contributed by atoms with Crippen LogP contribution in [-0.4, -0.2) is 10.0 Å². The lowest BCUT2D eigenvalue weighted by atomic mass is 10.1. The number of unbranched alkanes of at least 4 members (excludes halogenated alkanes) is 1. The van der Waals surface area contributed by atoms with Crippen molar-refractivity contribution in [3.8, 4) is 11.8 Å². The van der Waals surface area contributed by atoms with E-state index in [0.29, 0.717) is 6.42 Å². The summed E-state index contributed by atoms with van der Waals surface area (Å²) in [4.78, 5) is 10.2. The predicted octanol–water partition coefficient (Wildman–Crippen LogP) is 2.43. The second-order valence-electron chi connectivity index (χ2n) is 3.29. The smallest absolute Gasteiger partial charge is 0.276 e. The summed E-state index contributed by atoms with van der Waals surface area (Å²) in [5.41, 5.74) is 0.150. The van der Waals surface area contributed by atoms with Crippen LogP contribution in [0.15, 0.2) is 24.3 Å². The van der Waals surface area contributed by atoms with Gasteiger partial charge < -0.3 is 5.11 Å². The van der Waals surface area contributed by atoms with Gasteiger partial charge in [-0.15, -0.1) is 5.92 Å². The first-order chi connectivity index (χ1) is 7.66. The summed E-state index contributed by atoms with van der Waals surface area (Å²) in [7, 11) is 0. The zero-order chi connectivity index (χ0) is 12.0. The molecule has 0 aliphatic carbocycles. The van der Waals surface area contributed by atoms with Crippen molar-refractivity contribution >= 4 is 5.69 Å². The molecule has 1 aromatic carbocycles. The molecule has 4 nitrogen and oxygen atoms in total. The summed E-state index contributed by atoms with van der Waals surface area (Å²) in [6, 6.07) is 6.09. The first-order valence-corrected chi connectivity index (χ1v) is 5.06. The van der Waals surface area contributed by atoms with Crippen molar-refractivity contribution in [2.45, 2.75) is 25.9 Å². The zero-order valence-corrected chi connectivity index (χ0v) is 9.01. The quantitative estimate of drug-likeness (QED) is 0.482. The third kappa shape index (κ3) is 3.07. The highest BCUT2D eigenvalue weighted by Crippen LogP contribution is 2.23. The molecule has 1 atom stereocenters. The Balaban J connectivity index is 2.96. The fourth-order valence-corrected chi connectivity index (χ4v) is 1.26. The van der Waals surface area contributed by atoms with Crippen LogP contribution in [0.25, 0.3) is 0 Å². The molecule has 1 rings (SSSR count). The number of nitro groups is 1. The Kier molecular flexibility index (Phi) is 4.49. The lowest BCUT2D eigenvalue weighted by molar-refractivity contribution is -0.386. The standard InChI is InChI=1S/C12H13NO3/c1-2-3-4-9-12(14)10-7-5-6-8-11(10)13(15)16/h5-8,12,14H,2-3H2,1H3/t12-/m0/s1. The topological polar surface area (TPSA) is 63.4 Å². The molecule has 0 heterocycles. The monoisotopic (exact) mass is 219 g/mol. The van der Waals surface area contributed by atoms with Gasteiger partial charge in [-0.3, -0.25) is 10.1 Å². The van der Waals surface area contributed by atoms with Crippen LogP contribution < -0.4 is 0 Å². The molecule has 0 aliphatic heterocycles. The van der Waals surface area contributed by atoms with E-state index in [1.807, 2.05) is 6.92 Å². The van der Waals surface area contributed by atoms with Gasteiger partial charge in [0.05, 0.1) is 10.5 Å². The Morgan fingerprint density at radius 2 is 2.19 bits per heavy atom. The molecule has 1 N–H and O–H groups in total. The average molecular weight is 219 g/mol. The third-order valence-corrected chi connectivity index (χ3v) is 2.04. The highest BCUT2D eigenvalue weighted by molar-refractivity contribution is 5.43. The Morgan fingerprint density at radius 1 is 1.50 bits per heavy atom. The van der Waals surface area contributed by atoms with Crippen molar-refractivity contribution < 1.29 is 10.0 Å². The van der Waals surface area contributed by atoms with Gasteiger partial charge in [0.25, 0.3) is 5.69 Å². The average Bonchev–Trinajstić information content (AvgIpc) is 2.29. The van der Waals surface area contributed by atoms with E-state index >= 15 is 0 Å². The van der Waals surface area contributed by atoms with Crippen molar-refractivity contribution in [1.29, 1.82) is 0 Å². The zero-order valence-electron chi connectivity index (χ0n) is 9.01. The Bertz CT molecular complexity index is 431. The van der Waals surface area contributed by atoms with E-state index in [1.165, 1.54) is 12.1 Å². The van der Waals surface area contributed by atoms with E-state index in [4.69, 9.17) is 0 Å². The minimum Gasteiger partial charge on any atom is -0.376 e. The van der Waals surface area contributed by atoms with Gasteiger partial charge in [-0.05, 0) is 12.5 Å².